The van der Waals surface area contributed by atoms with Crippen molar-refractivity contribution in [2.75, 3.05) is 7.05 Å². The molecule has 0 bridgehead atoms. The van der Waals surface area contributed by atoms with Gasteiger partial charge in [-0.2, -0.15) is 0 Å². The van der Waals surface area contributed by atoms with Gasteiger partial charge in [0.25, 0.3) is 0 Å². The van der Waals surface area contributed by atoms with E-state index in [0.717, 1.165) is 11.3 Å². The summed E-state index contributed by atoms with van der Waals surface area (Å²) < 4.78 is 0. The van der Waals surface area contributed by atoms with Gasteiger partial charge < -0.3 is 4.90 Å². The second-order valence-electron chi connectivity index (χ2n) is 3.60. The molecule has 0 aliphatic carbocycles. The molecule has 1 rings (SSSR count). The molecule has 0 radical (unpaired) electrons. The van der Waals surface area contributed by atoms with Gasteiger partial charge in [-0.15, -0.1) is 0 Å². The van der Waals surface area contributed by atoms with E-state index >= 15 is 0 Å². The summed E-state index contributed by atoms with van der Waals surface area (Å²) in [7, 11) is 2.04. The van der Waals surface area contributed by atoms with Crippen LogP contribution in [0.15, 0.2) is 23.4 Å². The number of rotatable bonds is 1. The van der Waals surface area contributed by atoms with Gasteiger partial charge in [-0.3, -0.25) is 4.79 Å². The number of carbonyl (C=O) groups is 1. The summed E-state index contributed by atoms with van der Waals surface area (Å²) in [6, 6.07) is 0.322. The number of nitrogens with zero attached hydrogens (tertiary/aromatic N) is 1. The van der Waals surface area contributed by atoms with Crippen molar-refractivity contribution in [1.29, 1.82) is 0 Å². The van der Waals surface area contributed by atoms with E-state index in [0.29, 0.717) is 12.5 Å². The highest BCUT2D eigenvalue weighted by Gasteiger charge is 2.24. The Balaban J connectivity index is -0.000000375. The van der Waals surface area contributed by atoms with Gasteiger partial charge in [0, 0.05) is 30.8 Å². The Labute approximate surface area is 121 Å². The molecule has 0 amide bonds. The standard InChI is InChI=1S/C11H17NO.3C2H6/c1-5-6-10-9(3)11(13)7-8(2)12(10)4;3*1-2/h5-6,8H,7H2,1-4H3;3*1-2H3/b6-5-;;;. The van der Waals surface area contributed by atoms with Gasteiger partial charge in [0.2, 0.25) is 0 Å². The Bertz CT molecular complexity index is 277. The zero-order valence-electron chi connectivity index (χ0n) is 14.8. The minimum Gasteiger partial charge on any atom is -0.371 e. The van der Waals surface area contributed by atoms with Crippen molar-refractivity contribution in [2.24, 2.45) is 0 Å². The first-order chi connectivity index (χ1) is 9.07. The summed E-state index contributed by atoms with van der Waals surface area (Å²) in [4.78, 5) is 13.7. The summed E-state index contributed by atoms with van der Waals surface area (Å²) in [6.45, 7) is 18.0. The van der Waals surface area contributed by atoms with Crippen LogP contribution in [0.1, 0.15) is 68.7 Å². The van der Waals surface area contributed by atoms with Crippen molar-refractivity contribution in [3.8, 4) is 0 Å². The first-order valence-corrected chi connectivity index (χ1v) is 7.67. The highest BCUT2D eigenvalue weighted by molar-refractivity contribution is 5.97. The van der Waals surface area contributed by atoms with Gasteiger partial charge in [0.05, 0.1) is 0 Å². The monoisotopic (exact) mass is 269 g/mol. The molecule has 1 aliphatic rings. The topological polar surface area (TPSA) is 20.3 Å². The van der Waals surface area contributed by atoms with Gasteiger partial charge in [-0.1, -0.05) is 47.6 Å². The molecule has 0 aromatic heterocycles. The maximum Gasteiger partial charge on any atom is 0.162 e. The van der Waals surface area contributed by atoms with Crippen LogP contribution < -0.4 is 0 Å². The Kier molecular flexibility index (Phi) is 18.2. The smallest absolute Gasteiger partial charge is 0.162 e. The van der Waals surface area contributed by atoms with Crippen LogP contribution in [0.5, 0.6) is 0 Å². The zero-order chi connectivity index (χ0) is 16.0. The number of carbonyl (C=O) groups excluding carboxylic acids is 1. The molecule has 114 valence electrons. The normalized spacial score (nSPS) is 17.9. The molecule has 0 spiro atoms. The highest BCUT2D eigenvalue weighted by Crippen LogP contribution is 2.23. The van der Waals surface area contributed by atoms with Crippen LogP contribution in [0.4, 0.5) is 0 Å². The molecule has 1 heterocycles. The van der Waals surface area contributed by atoms with Crippen molar-refractivity contribution < 1.29 is 4.79 Å². The van der Waals surface area contributed by atoms with Crippen LogP contribution in [0.2, 0.25) is 0 Å². The summed E-state index contributed by atoms with van der Waals surface area (Å²) in [5.41, 5.74) is 1.95. The third kappa shape index (κ3) is 7.86. The van der Waals surface area contributed by atoms with Crippen LogP contribution in [0.3, 0.4) is 0 Å². The first-order valence-electron chi connectivity index (χ1n) is 7.67. The number of hydrogen-bond donors (Lipinski definition) is 0. The van der Waals surface area contributed by atoms with E-state index < -0.39 is 0 Å². The summed E-state index contributed by atoms with van der Waals surface area (Å²) in [6.07, 6.45) is 4.62. The maximum atomic E-state index is 11.5. The number of Topliss-reactive ketones (excluding diaryl/α,β-unsaturated/α-hetero) is 1. The molecule has 0 aromatic carbocycles. The van der Waals surface area contributed by atoms with Gasteiger partial charge >= 0.3 is 0 Å². The SMILES string of the molecule is C/C=C\C1=C(C)C(=O)CC(C)N1C.CC.CC.CC. The van der Waals surface area contributed by atoms with Crippen molar-refractivity contribution >= 4 is 5.78 Å². The molecular weight excluding hydrogens is 234 g/mol. The lowest BCUT2D eigenvalue weighted by Crippen LogP contribution is -2.35. The van der Waals surface area contributed by atoms with E-state index in [1.165, 1.54) is 0 Å². The molecule has 0 aromatic rings. The van der Waals surface area contributed by atoms with E-state index in [-0.39, 0.29) is 5.78 Å². The largest absolute Gasteiger partial charge is 0.371 e. The highest BCUT2D eigenvalue weighted by atomic mass is 16.1. The molecule has 19 heavy (non-hydrogen) atoms. The molecule has 0 N–H and O–H groups in total. The fourth-order valence-electron chi connectivity index (χ4n) is 1.60. The minimum absolute atomic E-state index is 0.277. The van der Waals surface area contributed by atoms with Crippen LogP contribution in [-0.4, -0.2) is 23.8 Å². The molecular formula is C17H35NO. The van der Waals surface area contributed by atoms with Crippen LogP contribution >= 0.6 is 0 Å². The molecule has 1 atom stereocenters. The average Bonchev–Trinajstić information content (AvgIpc) is 2.48. The lowest BCUT2D eigenvalue weighted by atomic mass is 9.97. The number of allylic oxidation sites excluding steroid dienone is 3. The van der Waals surface area contributed by atoms with Crippen LogP contribution in [0.25, 0.3) is 0 Å². The molecule has 2 heteroatoms. The lowest BCUT2D eigenvalue weighted by molar-refractivity contribution is -0.117. The van der Waals surface area contributed by atoms with Gasteiger partial charge in [0.1, 0.15) is 0 Å². The van der Waals surface area contributed by atoms with Crippen LogP contribution in [0, 0.1) is 0 Å². The van der Waals surface area contributed by atoms with E-state index in [1.807, 2.05) is 74.6 Å². The second-order valence-corrected chi connectivity index (χ2v) is 3.60. The Morgan fingerprint density at radius 1 is 1.11 bits per heavy atom. The van der Waals surface area contributed by atoms with Gasteiger partial charge in [0.15, 0.2) is 5.78 Å². The fourth-order valence-corrected chi connectivity index (χ4v) is 1.60. The third-order valence-corrected chi connectivity index (χ3v) is 2.65. The predicted molar refractivity (Wildman–Crippen MR) is 88.4 cm³/mol. The van der Waals surface area contributed by atoms with Crippen molar-refractivity contribution in [3.05, 3.63) is 23.4 Å². The minimum atomic E-state index is 0.277. The third-order valence-electron chi connectivity index (χ3n) is 2.65. The summed E-state index contributed by atoms with van der Waals surface area (Å²) in [5.74, 6) is 0.277. The molecule has 2 nitrogen and oxygen atoms in total. The quantitative estimate of drug-likeness (QED) is 0.651. The van der Waals surface area contributed by atoms with E-state index in [9.17, 15) is 4.79 Å². The molecule has 0 saturated carbocycles. The number of likely N-dealkylation sites (N-methyl/N-ethyl adjacent to an activating group) is 1. The van der Waals surface area contributed by atoms with E-state index in [2.05, 4.69) is 11.8 Å². The fraction of sp³-hybridized carbons (Fsp3) is 0.706. The van der Waals surface area contributed by atoms with E-state index in [4.69, 9.17) is 0 Å². The van der Waals surface area contributed by atoms with Gasteiger partial charge in [-0.05, 0) is 26.8 Å². The molecule has 1 aliphatic heterocycles. The average molecular weight is 269 g/mol. The maximum absolute atomic E-state index is 11.5. The van der Waals surface area contributed by atoms with Crippen LogP contribution in [-0.2, 0) is 4.79 Å². The molecule has 0 saturated heterocycles. The summed E-state index contributed by atoms with van der Waals surface area (Å²) in [5, 5.41) is 0. The van der Waals surface area contributed by atoms with Crippen molar-refractivity contribution in [3.63, 3.8) is 0 Å². The second kappa shape index (κ2) is 15.0. The Morgan fingerprint density at radius 3 is 1.89 bits per heavy atom. The van der Waals surface area contributed by atoms with Gasteiger partial charge in [-0.25, -0.2) is 0 Å². The van der Waals surface area contributed by atoms with Crippen molar-refractivity contribution in [2.45, 2.75) is 74.8 Å². The Hall–Kier alpha value is -1.05. The number of hydrogen-bond acceptors (Lipinski definition) is 2. The zero-order valence-corrected chi connectivity index (χ0v) is 14.8. The van der Waals surface area contributed by atoms with E-state index in [1.54, 1.807) is 0 Å². The molecule has 1 unspecified atom stereocenters. The van der Waals surface area contributed by atoms with Crippen molar-refractivity contribution in [1.82, 2.24) is 4.90 Å². The predicted octanol–water partition coefficient (Wildman–Crippen LogP) is 5.21. The first kappa shape index (κ1) is 23.1. The summed E-state index contributed by atoms with van der Waals surface area (Å²) >= 11 is 0. The Morgan fingerprint density at radius 2 is 1.53 bits per heavy atom. The molecule has 0 fully saturated rings. The lowest BCUT2D eigenvalue weighted by Gasteiger charge is -2.33. The number of ketones is 1.